The normalized spacial score (nSPS) is 14.8. The highest BCUT2D eigenvalue weighted by Gasteiger charge is 2.28. The molecule has 37 heavy (non-hydrogen) atoms. The summed E-state index contributed by atoms with van der Waals surface area (Å²) in [6, 6.07) is 18.2. The van der Waals surface area contributed by atoms with Crippen LogP contribution in [0.2, 0.25) is 0 Å². The SMILES string of the molecule is N=C(N)c1cccc(CC(NC(=O)CNS(=O)(=O)c2ccc3ccccc3c2)C(=O)N2CCNCC2)c1. The lowest BCUT2D eigenvalue weighted by atomic mass is 10.0. The number of amidine groups is 1. The van der Waals surface area contributed by atoms with Gasteiger partial charge in [-0.15, -0.1) is 0 Å². The summed E-state index contributed by atoms with van der Waals surface area (Å²) in [6.45, 7) is 1.80. The number of benzene rings is 3. The first kappa shape index (κ1) is 26.3. The zero-order valence-electron chi connectivity index (χ0n) is 20.2. The van der Waals surface area contributed by atoms with Gasteiger partial charge in [-0.3, -0.25) is 15.0 Å². The Hall–Kier alpha value is -3.80. The molecule has 0 radical (unpaired) electrons. The van der Waals surface area contributed by atoms with Crippen LogP contribution < -0.4 is 21.1 Å². The van der Waals surface area contributed by atoms with Crippen LogP contribution in [0.1, 0.15) is 11.1 Å². The number of amides is 2. The summed E-state index contributed by atoms with van der Waals surface area (Å²) in [6.07, 6.45) is 0.174. The number of hydrogen-bond donors (Lipinski definition) is 5. The minimum Gasteiger partial charge on any atom is -0.384 e. The Kier molecular flexibility index (Phi) is 8.17. The molecule has 1 atom stereocenters. The van der Waals surface area contributed by atoms with Crippen molar-refractivity contribution in [2.75, 3.05) is 32.7 Å². The summed E-state index contributed by atoms with van der Waals surface area (Å²) in [7, 11) is -3.95. The smallest absolute Gasteiger partial charge is 0.245 e. The third-order valence-electron chi connectivity index (χ3n) is 6.19. The van der Waals surface area contributed by atoms with Crippen molar-refractivity contribution in [3.05, 3.63) is 77.9 Å². The van der Waals surface area contributed by atoms with Gasteiger partial charge in [-0.2, -0.15) is 0 Å². The third-order valence-corrected chi connectivity index (χ3v) is 7.59. The highest BCUT2D eigenvalue weighted by atomic mass is 32.2. The number of nitrogens with two attached hydrogens (primary N) is 1. The van der Waals surface area contributed by atoms with Crippen LogP contribution in [0.15, 0.2) is 71.6 Å². The first-order chi connectivity index (χ1) is 17.7. The Labute approximate surface area is 215 Å². The molecular formula is C26H30N6O4S. The van der Waals surface area contributed by atoms with Gasteiger partial charge in [-0.05, 0) is 34.5 Å². The van der Waals surface area contributed by atoms with Crippen molar-refractivity contribution < 1.29 is 18.0 Å². The van der Waals surface area contributed by atoms with Gasteiger partial charge in [0.1, 0.15) is 11.9 Å². The number of nitrogen functional groups attached to an aromatic ring is 1. The Balaban J connectivity index is 1.46. The van der Waals surface area contributed by atoms with Gasteiger partial charge in [0, 0.05) is 38.2 Å². The Morgan fingerprint density at radius 1 is 1.00 bits per heavy atom. The highest BCUT2D eigenvalue weighted by molar-refractivity contribution is 7.89. The predicted molar refractivity (Wildman–Crippen MR) is 142 cm³/mol. The molecular weight excluding hydrogens is 492 g/mol. The van der Waals surface area contributed by atoms with Gasteiger partial charge >= 0.3 is 0 Å². The molecule has 11 heteroatoms. The van der Waals surface area contributed by atoms with Crippen LogP contribution in [0.3, 0.4) is 0 Å². The maximum absolute atomic E-state index is 13.3. The molecule has 0 aromatic heterocycles. The molecule has 6 N–H and O–H groups in total. The number of piperazine rings is 1. The third kappa shape index (κ3) is 6.70. The van der Waals surface area contributed by atoms with E-state index in [0.717, 1.165) is 16.3 Å². The van der Waals surface area contributed by atoms with Gasteiger partial charge in [0.15, 0.2) is 0 Å². The average Bonchev–Trinajstić information content (AvgIpc) is 2.91. The summed E-state index contributed by atoms with van der Waals surface area (Å²) in [5, 5.41) is 15.2. The summed E-state index contributed by atoms with van der Waals surface area (Å²) in [5.41, 5.74) is 6.83. The fourth-order valence-corrected chi connectivity index (χ4v) is 5.25. The lowest BCUT2D eigenvalue weighted by Crippen LogP contribution is -2.55. The van der Waals surface area contributed by atoms with Crippen LogP contribution in [-0.2, 0) is 26.0 Å². The molecule has 0 saturated carbocycles. The molecule has 10 nitrogen and oxygen atoms in total. The minimum atomic E-state index is -3.95. The van der Waals surface area contributed by atoms with Crippen molar-refractivity contribution in [2.45, 2.75) is 17.4 Å². The average molecular weight is 523 g/mol. The lowest BCUT2D eigenvalue weighted by molar-refractivity contribution is -0.136. The number of sulfonamides is 1. The maximum atomic E-state index is 13.3. The van der Waals surface area contributed by atoms with Crippen molar-refractivity contribution >= 4 is 38.4 Å². The summed E-state index contributed by atoms with van der Waals surface area (Å²) < 4.78 is 28.0. The van der Waals surface area contributed by atoms with E-state index in [0.29, 0.717) is 31.7 Å². The summed E-state index contributed by atoms with van der Waals surface area (Å²) >= 11 is 0. The van der Waals surface area contributed by atoms with Gasteiger partial charge in [0.25, 0.3) is 0 Å². The fourth-order valence-electron chi connectivity index (χ4n) is 4.23. The van der Waals surface area contributed by atoms with Crippen LogP contribution in [-0.4, -0.2) is 69.7 Å². The first-order valence-corrected chi connectivity index (χ1v) is 13.4. The topological polar surface area (TPSA) is 157 Å². The van der Waals surface area contributed by atoms with E-state index in [-0.39, 0.29) is 23.1 Å². The molecule has 1 heterocycles. The lowest BCUT2D eigenvalue weighted by Gasteiger charge is -2.31. The van der Waals surface area contributed by atoms with E-state index in [9.17, 15) is 18.0 Å². The number of nitrogens with zero attached hydrogens (tertiary/aromatic N) is 1. The van der Waals surface area contributed by atoms with Crippen molar-refractivity contribution in [3.63, 3.8) is 0 Å². The molecule has 3 aromatic rings. The van der Waals surface area contributed by atoms with E-state index in [1.54, 1.807) is 41.3 Å². The second-order valence-electron chi connectivity index (χ2n) is 8.85. The van der Waals surface area contributed by atoms with Crippen molar-refractivity contribution in [2.24, 2.45) is 5.73 Å². The number of hydrogen-bond acceptors (Lipinski definition) is 6. The number of rotatable bonds is 9. The number of fused-ring (bicyclic) bond motifs is 1. The predicted octanol–water partition coefficient (Wildman–Crippen LogP) is 0.561. The molecule has 194 valence electrons. The van der Waals surface area contributed by atoms with Crippen molar-refractivity contribution in [1.82, 2.24) is 20.3 Å². The van der Waals surface area contributed by atoms with Crippen LogP contribution in [0.4, 0.5) is 0 Å². The van der Waals surface area contributed by atoms with E-state index < -0.39 is 28.5 Å². The standard InChI is InChI=1S/C26H30N6O4S/c27-25(28)21-7-3-4-18(14-21)15-23(26(34)32-12-10-29-11-13-32)31-24(33)17-30-37(35,36)22-9-8-19-5-1-2-6-20(19)16-22/h1-9,14,16,23,29-30H,10-13,15,17H2,(H3,27,28)(H,31,33). The number of nitrogens with one attached hydrogen (secondary N) is 4. The Morgan fingerprint density at radius 2 is 1.73 bits per heavy atom. The van der Waals surface area contributed by atoms with Gasteiger partial charge in [-0.1, -0.05) is 48.5 Å². The van der Waals surface area contributed by atoms with Gasteiger partial charge < -0.3 is 21.3 Å². The van der Waals surface area contributed by atoms with Gasteiger partial charge in [0.05, 0.1) is 11.4 Å². The maximum Gasteiger partial charge on any atom is 0.245 e. The van der Waals surface area contributed by atoms with Crippen molar-refractivity contribution in [1.29, 1.82) is 5.41 Å². The van der Waals surface area contributed by atoms with E-state index in [1.807, 2.05) is 24.3 Å². The molecule has 1 fully saturated rings. The largest absolute Gasteiger partial charge is 0.384 e. The minimum absolute atomic E-state index is 0.0495. The zero-order valence-corrected chi connectivity index (χ0v) is 21.1. The Morgan fingerprint density at radius 3 is 2.46 bits per heavy atom. The van der Waals surface area contributed by atoms with Crippen molar-refractivity contribution in [3.8, 4) is 0 Å². The van der Waals surface area contributed by atoms with Crippen LogP contribution >= 0.6 is 0 Å². The molecule has 1 aliphatic heterocycles. The highest BCUT2D eigenvalue weighted by Crippen LogP contribution is 2.18. The molecule has 1 aliphatic rings. The van der Waals surface area contributed by atoms with E-state index >= 15 is 0 Å². The molecule has 2 amide bonds. The van der Waals surface area contributed by atoms with Crippen LogP contribution in [0.25, 0.3) is 10.8 Å². The summed E-state index contributed by atoms with van der Waals surface area (Å²) in [4.78, 5) is 27.8. The first-order valence-electron chi connectivity index (χ1n) is 11.9. The molecule has 4 rings (SSSR count). The van der Waals surface area contributed by atoms with Crippen LogP contribution in [0, 0.1) is 5.41 Å². The van der Waals surface area contributed by atoms with E-state index in [2.05, 4.69) is 15.4 Å². The fraction of sp³-hybridized carbons (Fsp3) is 0.269. The second kappa shape index (κ2) is 11.5. The van der Waals surface area contributed by atoms with Gasteiger partial charge in [0.2, 0.25) is 21.8 Å². The summed E-state index contributed by atoms with van der Waals surface area (Å²) in [5.74, 6) is -0.972. The van der Waals surface area contributed by atoms with E-state index in [1.165, 1.54) is 6.07 Å². The molecule has 0 spiro atoms. The number of carbonyl (C=O) groups excluding carboxylic acids is 2. The van der Waals surface area contributed by atoms with Gasteiger partial charge in [-0.25, -0.2) is 13.1 Å². The van der Waals surface area contributed by atoms with E-state index in [4.69, 9.17) is 11.1 Å². The molecule has 1 saturated heterocycles. The monoisotopic (exact) mass is 522 g/mol. The Bertz CT molecular complexity index is 1420. The van der Waals surface area contributed by atoms with Crippen LogP contribution in [0.5, 0.6) is 0 Å². The second-order valence-corrected chi connectivity index (χ2v) is 10.6. The molecule has 1 unspecified atom stereocenters. The molecule has 0 bridgehead atoms. The quantitative estimate of drug-likeness (QED) is 0.204. The molecule has 0 aliphatic carbocycles. The molecule has 3 aromatic carbocycles. The number of carbonyl (C=O) groups is 2. The zero-order chi connectivity index (χ0) is 26.4.